The lowest BCUT2D eigenvalue weighted by molar-refractivity contribution is -0.599. The molecule has 5 heteroatoms. The van der Waals surface area contributed by atoms with Crippen LogP contribution in [0, 0.1) is 6.33 Å². The zero-order chi connectivity index (χ0) is 44.9. The van der Waals surface area contributed by atoms with Crippen molar-refractivity contribution in [2.24, 2.45) is 0 Å². The summed E-state index contributed by atoms with van der Waals surface area (Å²) in [5.41, 5.74) is 12.3. The maximum atomic E-state index is 6.73. The average molecular weight is 847 g/mol. The fourth-order valence-corrected chi connectivity index (χ4v) is 9.09. The van der Waals surface area contributed by atoms with E-state index in [0.29, 0.717) is 0 Å². The zero-order valence-electron chi connectivity index (χ0n) is 38.2. The molecule has 0 saturated heterocycles. The van der Waals surface area contributed by atoms with Gasteiger partial charge in [0.15, 0.2) is 0 Å². The number of pyridine rings is 1. The molecule has 0 N–H and O–H groups in total. The summed E-state index contributed by atoms with van der Waals surface area (Å²) in [6.45, 7) is 15.9. The van der Waals surface area contributed by atoms with Gasteiger partial charge < -0.3 is 4.74 Å². The monoisotopic (exact) mass is 846 g/mol. The van der Waals surface area contributed by atoms with E-state index in [-0.39, 0.29) is 16.2 Å². The quantitative estimate of drug-likeness (QED) is 0.102. The van der Waals surface area contributed by atoms with Gasteiger partial charge >= 0.3 is 0 Å². The van der Waals surface area contributed by atoms with Gasteiger partial charge in [-0.1, -0.05) is 158 Å². The average Bonchev–Trinajstić information content (AvgIpc) is 3.96. The van der Waals surface area contributed by atoms with Crippen molar-refractivity contribution in [3.63, 3.8) is 0 Å². The molecule has 0 aliphatic heterocycles. The number of rotatable bonds is 10. The maximum absolute atomic E-state index is 6.73. The fraction of sp³-hybridized carbons (Fsp3) is 0.167. The van der Waals surface area contributed by atoms with Crippen molar-refractivity contribution in [2.45, 2.75) is 64.7 Å². The SMILES string of the molecule is CC(C)(C)c1ccc2c(c1)c1ccc(Oc3cccc(-n4[c-][n+](-c5cc(-c6ccccc6)cc(C(C)(C)c6ccccc6)c5)cc4)c3)cc1n2-c1cc(C(C)(C)c2ccccc2)ccn1. The first kappa shape index (κ1) is 41.5. The minimum Gasteiger partial charge on any atom is -0.458 e. The molecule has 0 saturated carbocycles. The Kier molecular flexibility index (Phi) is 10.4. The van der Waals surface area contributed by atoms with E-state index in [1.165, 1.54) is 38.8 Å². The van der Waals surface area contributed by atoms with Crippen LogP contribution in [0.5, 0.6) is 11.5 Å². The molecule has 320 valence electrons. The van der Waals surface area contributed by atoms with Crippen LogP contribution in [-0.2, 0) is 16.2 Å². The molecular formula is C60H54N4O. The van der Waals surface area contributed by atoms with E-state index in [9.17, 15) is 0 Å². The van der Waals surface area contributed by atoms with Crippen molar-refractivity contribution >= 4 is 21.8 Å². The van der Waals surface area contributed by atoms with Gasteiger partial charge in [-0.2, -0.15) is 0 Å². The fourth-order valence-electron chi connectivity index (χ4n) is 9.09. The van der Waals surface area contributed by atoms with Crippen molar-refractivity contribution in [3.8, 4) is 39.8 Å². The Morgan fingerprint density at radius 2 is 1.17 bits per heavy atom. The van der Waals surface area contributed by atoms with E-state index in [4.69, 9.17) is 9.72 Å². The van der Waals surface area contributed by atoms with Gasteiger partial charge in [0, 0.05) is 46.3 Å². The standard InChI is InChI=1S/C60H54N4O/c1-58(2,3)46-26-29-55-54(37-46)53-28-27-52(40-56(53)64(55)57-38-47(30-31-61-57)59(4,5)44-20-13-9-14-21-44)65-51-25-17-24-49(39-51)62-32-33-63(41-62)50-35-43(42-18-11-8-12-19-42)34-48(36-50)60(6,7)45-22-15-10-16-23-45/h8-40H,1-7H3. The summed E-state index contributed by atoms with van der Waals surface area (Å²) in [6, 6.07) is 64.7. The summed E-state index contributed by atoms with van der Waals surface area (Å²) in [4.78, 5) is 5.01. The maximum Gasteiger partial charge on any atom is 0.268 e. The summed E-state index contributed by atoms with van der Waals surface area (Å²) < 4.78 is 13.1. The lowest BCUT2D eigenvalue weighted by atomic mass is 9.77. The third kappa shape index (κ3) is 7.93. The third-order valence-corrected chi connectivity index (χ3v) is 13.2. The summed E-state index contributed by atoms with van der Waals surface area (Å²) in [5.74, 6) is 2.35. The third-order valence-electron chi connectivity index (χ3n) is 13.2. The zero-order valence-corrected chi connectivity index (χ0v) is 38.2. The summed E-state index contributed by atoms with van der Waals surface area (Å²) in [6.07, 6.45) is 9.66. The molecule has 0 fully saturated rings. The molecule has 3 aromatic heterocycles. The van der Waals surface area contributed by atoms with Gasteiger partial charge in [0.2, 0.25) is 0 Å². The van der Waals surface area contributed by atoms with E-state index in [1.54, 1.807) is 0 Å². The van der Waals surface area contributed by atoms with Crippen LogP contribution < -0.4 is 9.30 Å². The first-order chi connectivity index (χ1) is 31.3. The Bertz CT molecular complexity index is 3320. The Labute approximate surface area is 382 Å². The van der Waals surface area contributed by atoms with Crippen molar-refractivity contribution in [1.29, 1.82) is 0 Å². The van der Waals surface area contributed by atoms with Crippen molar-refractivity contribution in [1.82, 2.24) is 14.1 Å². The molecule has 10 aromatic rings. The molecular weight excluding hydrogens is 793 g/mol. The Morgan fingerprint density at radius 1 is 0.492 bits per heavy atom. The number of benzene rings is 7. The predicted molar refractivity (Wildman–Crippen MR) is 266 cm³/mol. The van der Waals surface area contributed by atoms with Crippen LogP contribution in [0.4, 0.5) is 0 Å². The molecule has 65 heavy (non-hydrogen) atoms. The molecule has 3 heterocycles. The Morgan fingerprint density at radius 3 is 1.88 bits per heavy atom. The van der Waals surface area contributed by atoms with Crippen LogP contribution in [0.2, 0.25) is 0 Å². The highest BCUT2D eigenvalue weighted by Gasteiger charge is 2.26. The molecule has 0 aliphatic rings. The minimum atomic E-state index is -0.221. The van der Waals surface area contributed by atoms with Crippen LogP contribution in [0.3, 0.4) is 0 Å². The van der Waals surface area contributed by atoms with E-state index in [1.807, 2.05) is 29.1 Å². The summed E-state index contributed by atoms with van der Waals surface area (Å²) in [5, 5.41) is 2.34. The second-order valence-electron chi connectivity index (χ2n) is 19.3. The van der Waals surface area contributed by atoms with Crippen LogP contribution >= 0.6 is 0 Å². The lowest BCUT2D eigenvalue weighted by Crippen LogP contribution is -2.29. The number of aromatic nitrogens is 4. The smallest absolute Gasteiger partial charge is 0.268 e. The minimum absolute atomic E-state index is 0.000597. The van der Waals surface area contributed by atoms with E-state index in [0.717, 1.165) is 50.7 Å². The van der Waals surface area contributed by atoms with Crippen LogP contribution in [0.1, 0.15) is 76.3 Å². The topological polar surface area (TPSA) is 35.9 Å². The number of hydrogen-bond acceptors (Lipinski definition) is 2. The van der Waals surface area contributed by atoms with Crippen LogP contribution in [-0.4, -0.2) is 14.1 Å². The number of hydrogen-bond donors (Lipinski definition) is 0. The van der Waals surface area contributed by atoms with Gasteiger partial charge in [-0.05, 0) is 111 Å². The molecule has 10 rings (SSSR count). The molecule has 0 atom stereocenters. The second kappa shape index (κ2) is 16.2. The van der Waals surface area contributed by atoms with Crippen LogP contribution in [0.15, 0.2) is 201 Å². The molecule has 0 spiro atoms. The Balaban J connectivity index is 1.01. The van der Waals surface area contributed by atoms with Gasteiger partial charge in [-0.15, -0.1) is 0 Å². The molecule has 0 aliphatic carbocycles. The highest BCUT2D eigenvalue weighted by Crippen LogP contribution is 2.40. The van der Waals surface area contributed by atoms with Gasteiger partial charge in [0.05, 0.1) is 22.4 Å². The normalized spacial score (nSPS) is 12.2. The van der Waals surface area contributed by atoms with Crippen LogP contribution in [0.25, 0.3) is 50.1 Å². The predicted octanol–water partition coefficient (Wildman–Crippen LogP) is 14.5. The number of ether oxygens (including phenoxy) is 1. The van der Waals surface area contributed by atoms with E-state index in [2.05, 4.69) is 240 Å². The molecule has 0 unspecified atom stereocenters. The van der Waals surface area contributed by atoms with Gasteiger partial charge in [-0.25, -0.2) is 4.98 Å². The molecule has 0 amide bonds. The van der Waals surface area contributed by atoms with Crippen molar-refractivity contribution in [2.75, 3.05) is 0 Å². The highest BCUT2D eigenvalue weighted by atomic mass is 16.5. The largest absolute Gasteiger partial charge is 0.458 e. The lowest BCUT2D eigenvalue weighted by Gasteiger charge is -2.27. The highest BCUT2D eigenvalue weighted by molar-refractivity contribution is 6.09. The van der Waals surface area contributed by atoms with Gasteiger partial charge in [-0.3, -0.25) is 13.7 Å². The van der Waals surface area contributed by atoms with Gasteiger partial charge in [0.1, 0.15) is 17.3 Å². The molecule has 0 bridgehead atoms. The molecule has 7 aromatic carbocycles. The second-order valence-corrected chi connectivity index (χ2v) is 19.3. The number of imidazole rings is 1. The van der Waals surface area contributed by atoms with Gasteiger partial charge in [0.25, 0.3) is 6.33 Å². The van der Waals surface area contributed by atoms with Crippen molar-refractivity contribution in [3.05, 3.63) is 235 Å². The Hall–Kier alpha value is -7.50. The summed E-state index contributed by atoms with van der Waals surface area (Å²) in [7, 11) is 0. The van der Waals surface area contributed by atoms with E-state index < -0.39 is 0 Å². The molecule has 0 radical (unpaired) electrons. The summed E-state index contributed by atoms with van der Waals surface area (Å²) >= 11 is 0. The number of nitrogens with zero attached hydrogens (tertiary/aromatic N) is 4. The van der Waals surface area contributed by atoms with Crippen molar-refractivity contribution < 1.29 is 9.30 Å². The van der Waals surface area contributed by atoms with E-state index >= 15 is 0 Å². The molecule has 5 nitrogen and oxygen atoms in total. The number of fused-ring (bicyclic) bond motifs is 3. The first-order valence-electron chi connectivity index (χ1n) is 22.5. The first-order valence-corrected chi connectivity index (χ1v) is 22.5.